The molecule has 1 aromatic rings. The summed E-state index contributed by atoms with van der Waals surface area (Å²) in [5.41, 5.74) is 0.102. The maximum absolute atomic E-state index is 12.0. The van der Waals surface area contributed by atoms with E-state index < -0.39 is 4.92 Å². The van der Waals surface area contributed by atoms with E-state index in [0.717, 1.165) is 0 Å². The molecular formula is C13H17ClN2O5. The Morgan fingerprint density at radius 2 is 2.19 bits per heavy atom. The Labute approximate surface area is 127 Å². The van der Waals surface area contributed by atoms with Gasteiger partial charge in [0.25, 0.3) is 11.6 Å². The second-order valence-electron chi connectivity index (χ2n) is 4.24. The molecule has 1 rings (SSSR count). The van der Waals surface area contributed by atoms with Gasteiger partial charge in [-0.15, -0.1) is 11.6 Å². The van der Waals surface area contributed by atoms with Gasteiger partial charge in [0, 0.05) is 19.7 Å². The lowest BCUT2D eigenvalue weighted by Gasteiger charge is -2.11. The van der Waals surface area contributed by atoms with Gasteiger partial charge in [0.2, 0.25) is 0 Å². The largest absolute Gasteiger partial charge is 0.496 e. The Bertz CT molecular complexity index is 509. The lowest BCUT2D eigenvalue weighted by Crippen LogP contribution is -2.27. The lowest BCUT2D eigenvalue weighted by molar-refractivity contribution is -0.384. The normalized spacial score (nSPS) is 11.8. The monoisotopic (exact) mass is 316 g/mol. The zero-order valence-corrected chi connectivity index (χ0v) is 12.6. The number of benzene rings is 1. The van der Waals surface area contributed by atoms with E-state index in [1.807, 2.05) is 0 Å². The predicted octanol–water partition coefficient (Wildman–Crippen LogP) is 1.98. The van der Waals surface area contributed by atoms with Gasteiger partial charge in [0.15, 0.2) is 0 Å². The van der Waals surface area contributed by atoms with Crippen LogP contribution in [0, 0.1) is 10.1 Å². The van der Waals surface area contributed by atoms with E-state index in [9.17, 15) is 14.9 Å². The van der Waals surface area contributed by atoms with Gasteiger partial charge in [0.1, 0.15) is 5.75 Å². The van der Waals surface area contributed by atoms with Crippen LogP contribution in [0.1, 0.15) is 16.8 Å². The predicted molar refractivity (Wildman–Crippen MR) is 78.1 cm³/mol. The van der Waals surface area contributed by atoms with Gasteiger partial charge in [0.05, 0.1) is 35.6 Å². The molecule has 0 aliphatic rings. The smallest absolute Gasteiger partial charge is 0.273 e. The third-order valence-corrected chi connectivity index (χ3v) is 3.08. The Morgan fingerprint density at radius 1 is 1.48 bits per heavy atom. The standard InChI is InChI=1S/C13H17ClN2O5/c1-20-8-9(14)5-6-15-13(17)11-4-3-10(16(18)19)7-12(11)21-2/h3-4,7,9H,5-6,8H2,1-2H3,(H,15,17). The van der Waals surface area contributed by atoms with Crippen molar-refractivity contribution >= 4 is 23.2 Å². The summed E-state index contributed by atoms with van der Waals surface area (Å²) >= 11 is 5.95. The Hall–Kier alpha value is -1.86. The topological polar surface area (TPSA) is 90.7 Å². The van der Waals surface area contributed by atoms with Crippen LogP contribution in [0.2, 0.25) is 0 Å². The molecular weight excluding hydrogens is 300 g/mol. The molecule has 8 heteroatoms. The summed E-state index contributed by atoms with van der Waals surface area (Å²) in [5, 5.41) is 13.2. The van der Waals surface area contributed by atoms with Crippen LogP contribution in [0.5, 0.6) is 5.75 Å². The number of carbonyl (C=O) groups excluding carboxylic acids is 1. The quantitative estimate of drug-likeness (QED) is 0.450. The van der Waals surface area contributed by atoms with E-state index in [2.05, 4.69) is 5.32 Å². The Kier molecular flexibility index (Phi) is 6.90. The summed E-state index contributed by atoms with van der Waals surface area (Å²) < 4.78 is 9.90. The number of halogens is 1. The molecule has 1 aromatic carbocycles. The first-order valence-electron chi connectivity index (χ1n) is 6.23. The van der Waals surface area contributed by atoms with E-state index >= 15 is 0 Å². The maximum Gasteiger partial charge on any atom is 0.273 e. The van der Waals surface area contributed by atoms with Crippen LogP contribution in [-0.4, -0.2) is 43.6 Å². The van der Waals surface area contributed by atoms with Gasteiger partial charge >= 0.3 is 0 Å². The van der Waals surface area contributed by atoms with E-state index in [4.69, 9.17) is 21.1 Å². The molecule has 0 aliphatic heterocycles. The first kappa shape index (κ1) is 17.2. The van der Waals surface area contributed by atoms with Gasteiger partial charge < -0.3 is 14.8 Å². The minimum atomic E-state index is -0.549. The average Bonchev–Trinajstić information content (AvgIpc) is 2.46. The molecule has 0 saturated carbocycles. The summed E-state index contributed by atoms with van der Waals surface area (Å²) in [7, 11) is 2.90. The summed E-state index contributed by atoms with van der Waals surface area (Å²) in [5.74, 6) is -0.218. The zero-order chi connectivity index (χ0) is 15.8. The number of nitro groups is 1. The molecule has 0 bridgehead atoms. The fraction of sp³-hybridized carbons (Fsp3) is 0.462. The minimum Gasteiger partial charge on any atom is -0.496 e. The summed E-state index contributed by atoms with van der Waals surface area (Å²) in [6.45, 7) is 0.773. The molecule has 0 aromatic heterocycles. The number of hydrogen-bond acceptors (Lipinski definition) is 5. The van der Waals surface area contributed by atoms with Crippen LogP contribution < -0.4 is 10.1 Å². The second kappa shape index (κ2) is 8.43. The van der Waals surface area contributed by atoms with Crippen LogP contribution in [-0.2, 0) is 4.74 Å². The van der Waals surface area contributed by atoms with Crippen molar-refractivity contribution in [1.29, 1.82) is 0 Å². The number of nitro benzene ring substituents is 1. The van der Waals surface area contributed by atoms with Gasteiger partial charge in [-0.25, -0.2) is 0 Å². The summed E-state index contributed by atoms with van der Waals surface area (Å²) in [6, 6.07) is 3.83. The highest BCUT2D eigenvalue weighted by atomic mass is 35.5. The third kappa shape index (κ3) is 5.20. The van der Waals surface area contributed by atoms with Crippen molar-refractivity contribution in [3.63, 3.8) is 0 Å². The molecule has 1 amide bonds. The number of alkyl halides is 1. The first-order valence-corrected chi connectivity index (χ1v) is 6.66. The molecule has 0 heterocycles. The highest BCUT2D eigenvalue weighted by Gasteiger charge is 2.16. The molecule has 7 nitrogen and oxygen atoms in total. The lowest BCUT2D eigenvalue weighted by atomic mass is 10.1. The minimum absolute atomic E-state index is 0.135. The number of amides is 1. The zero-order valence-electron chi connectivity index (χ0n) is 11.8. The highest BCUT2D eigenvalue weighted by Crippen LogP contribution is 2.24. The van der Waals surface area contributed by atoms with Crippen molar-refractivity contribution in [1.82, 2.24) is 5.32 Å². The SMILES string of the molecule is COCC(Cl)CCNC(=O)c1ccc([N+](=O)[O-])cc1OC. The second-order valence-corrected chi connectivity index (χ2v) is 4.86. The van der Waals surface area contributed by atoms with Crippen LogP contribution in [0.3, 0.4) is 0 Å². The number of hydrogen-bond donors (Lipinski definition) is 1. The number of nitrogens with one attached hydrogen (secondary N) is 1. The van der Waals surface area contributed by atoms with Gasteiger partial charge in [-0.3, -0.25) is 14.9 Å². The first-order chi connectivity index (χ1) is 9.99. The number of rotatable bonds is 8. The molecule has 116 valence electrons. The average molecular weight is 317 g/mol. The molecule has 21 heavy (non-hydrogen) atoms. The van der Waals surface area contributed by atoms with Crippen LogP contribution in [0.4, 0.5) is 5.69 Å². The number of methoxy groups -OCH3 is 2. The fourth-order valence-corrected chi connectivity index (χ4v) is 1.92. The Balaban J connectivity index is 2.67. The van der Waals surface area contributed by atoms with Crippen molar-refractivity contribution < 1.29 is 19.2 Å². The molecule has 0 spiro atoms. The van der Waals surface area contributed by atoms with Crippen molar-refractivity contribution in [3.8, 4) is 5.75 Å². The van der Waals surface area contributed by atoms with Crippen LogP contribution >= 0.6 is 11.6 Å². The van der Waals surface area contributed by atoms with Crippen molar-refractivity contribution in [2.75, 3.05) is 27.4 Å². The highest BCUT2D eigenvalue weighted by molar-refractivity contribution is 6.20. The molecule has 0 aliphatic carbocycles. The van der Waals surface area contributed by atoms with E-state index in [1.165, 1.54) is 25.3 Å². The van der Waals surface area contributed by atoms with Crippen molar-refractivity contribution in [2.45, 2.75) is 11.8 Å². The van der Waals surface area contributed by atoms with Crippen LogP contribution in [0.25, 0.3) is 0 Å². The number of carbonyl (C=O) groups is 1. The summed E-state index contributed by atoms with van der Waals surface area (Å²) in [4.78, 5) is 22.1. The number of non-ortho nitro benzene ring substituents is 1. The van der Waals surface area contributed by atoms with E-state index in [1.54, 1.807) is 7.11 Å². The van der Waals surface area contributed by atoms with Crippen molar-refractivity contribution in [2.24, 2.45) is 0 Å². The fourth-order valence-electron chi connectivity index (χ4n) is 1.68. The maximum atomic E-state index is 12.0. The number of nitrogens with zero attached hydrogens (tertiary/aromatic N) is 1. The van der Waals surface area contributed by atoms with E-state index in [0.29, 0.717) is 19.6 Å². The van der Waals surface area contributed by atoms with Crippen LogP contribution in [0.15, 0.2) is 18.2 Å². The summed E-state index contributed by atoms with van der Waals surface area (Å²) in [6.07, 6.45) is 0.552. The molecule has 0 saturated heterocycles. The van der Waals surface area contributed by atoms with Gasteiger partial charge in [-0.1, -0.05) is 0 Å². The molecule has 0 radical (unpaired) electrons. The molecule has 1 atom stereocenters. The molecule has 0 fully saturated rings. The molecule has 1 unspecified atom stereocenters. The van der Waals surface area contributed by atoms with Crippen molar-refractivity contribution in [3.05, 3.63) is 33.9 Å². The van der Waals surface area contributed by atoms with Gasteiger partial charge in [-0.2, -0.15) is 0 Å². The van der Waals surface area contributed by atoms with Gasteiger partial charge in [-0.05, 0) is 12.5 Å². The Morgan fingerprint density at radius 3 is 2.76 bits per heavy atom. The molecule has 1 N–H and O–H groups in total. The number of ether oxygens (including phenoxy) is 2. The third-order valence-electron chi connectivity index (χ3n) is 2.73. The van der Waals surface area contributed by atoms with E-state index in [-0.39, 0.29) is 28.3 Å².